The fourth-order valence-electron chi connectivity index (χ4n) is 8.03. The third-order valence-corrected chi connectivity index (χ3v) is 10.2. The molecule has 2 bridgehead atoms. The second-order valence-electron chi connectivity index (χ2n) is 12.7. The predicted octanol–water partition coefficient (Wildman–Crippen LogP) is 6.68. The molecule has 2 saturated heterocycles. The molecule has 4 N–H and O–H groups in total. The highest BCUT2D eigenvalue weighted by molar-refractivity contribution is 5.83. The number of fused-ring (bicyclic) bond motifs is 3. The van der Waals surface area contributed by atoms with Crippen LogP contribution in [0.15, 0.2) is 48.7 Å². The molecule has 8 nitrogen and oxygen atoms in total. The zero-order valence-electron chi connectivity index (χ0n) is 23.8. The largest absolute Gasteiger partial charge is 0.341 e. The summed E-state index contributed by atoms with van der Waals surface area (Å²) in [5.41, 5.74) is 11.6. The van der Waals surface area contributed by atoms with Crippen molar-refractivity contribution in [3.63, 3.8) is 0 Å². The summed E-state index contributed by atoms with van der Waals surface area (Å²) in [6.45, 7) is 2.13. The Hall–Kier alpha value is -3.88. The maximum absolute atomic E-state index is 4.96. The summed E-state index contributed by atoms with van der Waals surface area (Å²) in [4.78, 5) is 16.7. The van der Waals surface area contributed by atoms with E-state index in [1.807, 2.05) is 6.20 Å². The molecule has 5 heterocycles. The average molecular weight is 557 g/mol. The molecule has 2 atom stereocenters. The van der Waals surface area contributed by atoms with E-state index >= 15 is 0 Å². The van der Waals surface area contributed by atoms with Crippen LogP contribution in [0.25, 0.3) is 44.8 Å². The molecular weight excluding hydrogens is 520 g/mol. The number of rotatable bonds is 5. The SMILES string of the molecule is c1cc(-c2nnc(-c3ccc4nc([C@@H]5CCCN5)[nH]c4c3)c3c2C2CCC3CC2)ccc1-c1cnc([C@@H]2CCCN2)[nH]1. The van der Waals surface area contributed by atoms with Gasteiger partial charge in [-0.2, -0.15) is 0 Å². The lowest BCUT2D eigenvalue weighted by molar-refractivity contribution is 0.358. The van der Waals surface area contributed by atoms with Crippen LogP contribution in [-0.2, 0) is 0 Å². The molecule has 42 heavy (non-hydrogen) atoms. The molecule has 3 aromatic heterocycles. The summed E-state index contributed by atoms with van der Waals surface area (Å²) in [5.74, 6) is 3.20. The highest BCUT2D eigenvalue weighted by Gasteiger charge is 2.38. The number of nitrogens with zero attached hydrogens (tertiary/aromatic N) is 4. The second kappa shape index (κ2) is 9.85. The second-order valence-corrected chi connectivity index (χ2v) is 12.7. The van der Waals surface area contributed by atoms with E-state index < -0.39 is 0 Å². The van der Waals surface area contributed by atoms with Crippen LogP contribution >= 0.6 is 0 Å². The summed E-state index contributed by atoms with van der Waals surface area (Å²) in [6, 6.07) is 16.1. The molecule has 3 aliphatic carbocycles. The van der Waals surface area contributed by atoms with Crippen molar-refractivity contribution < 1.29 is 0 Å². The number of imidazole rings is 2. The Morgan fingerprint density at radius 2 is 1.24 bits per heavy atom. The number of aromatic amines is 2. The monoisotopic (exact) mass is 556 g/mol. The molecule has 10 rings (SSSR count). The van der Waals surface area contributed by atoms with Gasteiger partial charge in [-0.3, -0.25) is 0 Å². The predicted molar refractivity (Wildman–Crippen MR) is 164 cm³/mol. The molecular formula is C34H36N8. The third kappa shape index (κ3) is 4.03. The van der Waals surface area contributed by atoms with E-state index in [4.69, 9.17) is 15.2 Å². The maximum atomic E-state index is 4.96. The van der Waals surface area contributed by atoms with Crippen LogP contribution in [0.4, 0.5) is 0 Å². The lowest BCUT2D eigenvalue weighted by atomic mass is 9.65. The molecule has 0 unspecified atom stereocenters. The number of benzene rings is 2. The first-order valence-corrected chi connectivity index (χ1v) is 15.8. The molecule has 3 fully saturated rings. The number of H-pyrrole nitrogens is 2. The van der Waals surface area contributed by atoms with Crippen molar-refractivity contribution in [2.75, 3.05) is 13.1 Å². The molecule has 0 spiro atoms. The van der Waals surface area contributed by atoms with E-state index in [9.17, 15) is 0 Å². The molecule has 212 valence electrons. The van der Waals surface area contributed by atoms with Crippen LogP contribution in [0.1, 0.15) is 98.1 Å². The van der Waals surface area contributed by atoms with Gasteiger partial charge in [0.15, 0.2) is 0 Å². The lowest BCUT2D eigenvalue weighted by Crippen LogP contribution is -2.24. The number of hydrogen-bond donors (Lipinski definition) is 4. The zero-order chi connectivity index (χ0) is 27.6. The summed E-state index contributed by atoms with van der Waals surface area (Å²) < 4.78 is 0. The first-order valence-electron chi connectivity index (χ1n) is 15.8. The fraction of sp³-hybridized carbons (Fsp3) is 0.412. The highest BCUT2D eigenvalue weighted by atomic mass is 15.1. The smallest absolute Gasteiger partial charge is 0.124 e. The standard InChI is InChI=1S/C34H36N8/c1-3-25(35-15-1)33-37-18-28(40-33)19-5-11-22(12-6-19)31-29-20-7-9-21(10-8-20)30(29)32(42-41-31)23-13-14-24-27(17-23)39-34(38-24)26-4-2-16-36-26/h5-6,11-14,17-18,20-21,25-26,35-36H,1-4,7-10,15-16H2,(H,37,40)(H,38,39)/t20?,21?,25-,26-/m0/s1. The average Bonchev–Trinajstić information content (AvgIpc) is 3.87. The van der Waals surface area contributed by atoms with Gasteiger partial charge in [0.25, 0.3) is 0 Å². The van der Waals surface area contributed by atoms with E-state index in [1.165, 1.54) is 49.7 Å². The van der Waals surface area contributed by atoms with Gasteiger partial charge in [-0.1, -0.05) is 30.3 Å². The minimum Gasteiger partial charge on any atom is -0.341 e. The van der Waals surface area contributed by atoms with Gasteiger partial charge in [-0.15, -0.1) is 10.2 Å². The quantitative estimate of drug-likeness (QED) is 0.192. The van der Waals surface area contributed by atoms with Crippen molar-refractivity contribution in [1.29, 1.82) is 0 Å². The summed E-state index contributed by atoms with van der Waals surface area (Å²) in [5, 5.41) is 17.0. The van der Waals surface area contributed by atoms with Gasteiger partial charge < -0.3 is 20.6 Å². The van der Waals surface area contributed by atoms with Gasteiger partial charge in [-0.25, -0.2) is 9.97 Å². The van der Waals surface area contributed by atoms with Crippen LogP contribution in [0.3, 0.4) is 0 Å². The molecule has 5 aliphatic rings. The van der Waals surface area contributed by atoms with Crippen molar-refractivity contribution in [2.45, 2.75) is 75.3 Å². The van der Waals surface area contributed by atoms with Crippen LogP contribution < -0.4 is 10.6 Å². The topological polar surface area (TPSA) is 107 Å². The molecule has 1 saturated carbocycles. The number of nitrogens with one attached hydrogen (secondary N) is 4. The van der Waals surface area contributed by atoms with Gasteiger partial charge in [0.05, 0.1) is 46.4 Å². The molecule has 2 aromatic carbocycles. The summed E-state index contributed by atoms with van der Waals surface area (Å²) in [6.07, 6.45) is 11.6. The van der Waals surface area contributed by atoms with Crippen molar-refractivity contribution in [3.05, 3.63) is 71.4 Å². The fourth-order valence-corrected chi connectivity index (χ4v) is 8.03. The first kappa shape index (κ1) is 24.7. The first-order chi connectivity index (χ1) is 20.8. The van der Waals surface area contributed by atoms with E-state index in [1.54, 1.807) is 0 Å². The number of hydrogen-bond acceptors (Lipinski definition) is 6. The number of aromatic nitrogens is 6. The van der Waals surface area contributed by atoms with Gasteiger partial charge in [0.2, 0.25) is 0 Å². The van der Waals surface area contributed by atoms with Gasteiger partial charge in [-0.05, 0) is 105 Å². The Labute approximate surface area is 245 Å². The molecule has 5 aromatic rings. The van der Waals surface area contributed by atoms with E-state index in [-0.39, 0.29) is 0 Å². The van der Waals surface area contributed by atoms with Crippen molar-refractivity contribution in [1.82, 2.24) is 40.8 Å². The van der Waals surface area contributed by atoms with Crippen molar-refractivity contribution in [2.24, 2.45) is 0 Å². The van der Waals surface area contributed by atoms with Gasteiger partial charge in [0, 0.05) is 11.1 Å². The van der Waals surface area contributed by atoms with Gasteiger partial charge >= 0.3 is 0 Å². The summed E-state index contributed by atoms with van der Waals surface area (Å²) >= 11 is 0. The van der Waals surface area contributed by atoms with Gasteiger partial charge in [0.1, 0.15) is 11.6 Å². The third-order valence-electron chi connectivity index (χ3n) is 10.2. The maximum Gasteiger partial charge on any atom is 0.124 e. The van der Waals surface area contributed by atoms with Crippen LogP contribution in [0.5, 0.6) is 0 Å². The van der Waals surface area contributed by atoms with Crippen molar-refractivity contribution >= 4 is 11.0 Å². The Kier molecular flexibility index (Phi) is 5.79. The Balaban J connectivity index is 1.08. The molecule has 2 aliphatic heterocycles. The van der Waals surface area contributed by atoms with Crippen LogP contribution in [0, 0.1) is 0 Å². The normalized spacial score (nSPS) is 25.0. The minimum atomic E-state index is 0.328. The Bertz CT molecular complexity index is 1760. The Morgan fingerprint density at radius 1 is 0.619 bits per heavy atom. The summed E-state index contributed by atoms with van der Waals surface area (Å²) in [7, 11) is 0. The van der Waals surface area contributed by atoms with Crippen molar-refractivity contribution in [3.8, 4) is 33.8 Å². The van der Waals surface area contributed by atoms with E-state index in [2.05, 4.69) is 68.1 Å². The molecule has 8 heteroatoms. The minimum absolute atomic E-state index is 0.328. The van der Waals surface area contributed by atoms with Crippen LogP contribution in [-0.4, -0.2) is 43.2 Å². The lowest BCUT2D eigenvalue weighted by Gasteiger charge is -2.40. The molecule has 0 amide bonds. The van der Waals surface area contributed by atoms with Crippen LogP contribution in [0.2, 0.25) is 0 Å². The van der Waals surface area contributed by atoms with E-state index in [0.29, 0.717) is 23.9 Å². The zero-order valence-corrected chi connectivity index (χ0v) is 23.8. The Morgan fingerprint density at radius 3 is 1.90 bits per heavy atom. The highest BCUT2D eigenvalue weighted by Crippen LogP contribution is 2.54. The molecule has 0 radical (unpaired) electrons. The van der Waals surface area contributed by atoms with E-state index in [0.717, 1.165) is 82.4 Å².